The van der Waals surface area contributed by atoms with Crippen molar-refractivity contribution in [2.75, 3.05) is 0 Å². The molecule has 0 radical (unpaired) electrons. The molecular formula is C18H16BrN3OS. The Hall–Kier alpha value is -2.05. The minimum Gasteiger partial charge on any atom is -0.350 e. The maximum absolute atomic E-state index is 12.0. The third-order valence-electron chi connectivity index (χ3n) is 3.54. The third-order valence-corrected chi connectivity index (χ3v) is 5.17. The average Bonchev–Trinajstić information content (AvgIpc) is 3.09. The SMILES string of the molecule is O=C(CCc1ccccc1Br)NCc1nc(-c2ccncc2)cs1. The molecule has 1 N–H and O–H groups in total. The van der Waals surface area contributed by atoms with Crippen molar-refractivity contribution in [1.29, 1.82) is 0 Å². The normalized spacial score (nSPS) is 10.5. The van der Waals surface area contributed by atoms with Crippen LogP contribution in [0, 0.1) is 0 Å². The number of thiazole rings is 1. The number of rotatable bonds is 6. The molecule has 0 spiro atoms. The van der Waals surface area contributed by atoms with Gasteiger partial charge in [0.15, 0.2) is 0 Å². The molecule has 6 heteroatoms. The van der Waals surface area contributed by atoms with Crippen molar-refractivity contribution in [3.63, 3.8) is 0 Å². The number of carbonyl (C=O) groups excluding carboxylic acids is 1. The molecular weight excluding hydrogens is 386 g/mol. The van der Waals surface area contributed by atoms with Crippen LogP contribution in [-0.4, -0.2) is 15.9 Å². The van der Waals surface area contributed by atoms with Gasteiger partial charge in [-0.3, -0.25) is 9.78 Å². The number of pyridine rings is 1. The second-order valence-corrected chi connectivity index (χ2v) is 7.03. The van der Waals surface area contributed by atoms with Gasteiger partial charge in [0.1, 0.15) is 5.01 Å². The Balaban J connectivity index is 1.50. The van der Waals surface area contributed by atoms with Crippen molar-refractivity contribution >= 4 is 33.2 Å². The van der Waals surface area contributed by atoms with Crippen LogP contribution in [0.4, 0.5) is 0 Å². The smallest absolute Gasteiger partial charge is 0.220 e. The van der Waals surface area contributed by atoms with Crippen LogP contribution in [-0.2, 0) is 17.8 Å². The van der Waals surface area contributed by atoms with Crippen LogP contribution in [0.25, 0.3) is 11.3 Å². The number of amides is 1. The summed E-state index contributed by atoms with van der Waals surface area (Å²) in [7, 11) is 0. The van der Waals surface area contributed by atoms with Gasteiger partial charge < -0.3 is 5.32 Å². The van der Waals surface area contributed by atoms with Crippen LogP contribution in [0.2, 0.25) is 0 Å². The lowest BCUT2D eigenvalue weighted by molar-refractivity contribution is -0.121. The largest absolute Gasteiger partial charge is 0.350 e. The molecule has 3 aromatic rings. The van der Waals surface area contributed by atoms with Gasteiger partial charge in [0.2, 0.25) is 5.91 Å². The van der Waals surface area contributed by atoms with Crippen molar-refractivity contribution in [2.45, 2.75) is 19.4 Å². The van der Waals surface area contributed by atoms with Crippen molar-refractivity contribution in [3.05, 3.63) is 69.2 Å². The molecule has 24 heavy (non-hydrogen) atoms. The minimum atomic E-state index is 0.0337. The Labute approximate surface area is 153 Å². The first-order valence-electron chi connectivity index (χ1n) is 7.57. The molecule has 0 aliphatic heterocycles. The van der Waals surface area contributed by atoms with E-state index in [4.69, 9.17) is 0 Å². The Morgan fingerprint density at radius 3 is 2.75 bits per heavy atom. The van der Waals surface area contributed by atoms with E-state index in [9.17, 15) is 4.79 Å². The minimum absolute atomic E-state index is 0.0337. The fraction of sp³-hybridized carbons (Fsp3) is 0.167. The molecule has 0 atom stereocenters. The van der Waals surface area contributed by atoms with Gasteiger partial charge in [-0.1, -0.05) is 34.1 Å². The Morgan fingerprint density at radius 1 is 1.17 bits per heavy atom. The number of benzene rings is 1. The second kappa shape index (κ2) is 8.17. The van der Waals surface area contributed by atoms with Crippen molar-refractivity contribution in [1.82, 2.24) is 15.3 Å². The molecule has 0 aliphatic rings. The quantitative estimate of drug-likeness (QED) is 0.672. The zero-order chi connectivity index (χ0) is 16.8. The maximum atomic E-state index is 12.0. The average molecular weight is 402 g/mol. The van der Waals surface area contributed by atoms with E-state index in [1.807, 2.05) is 41.8 Å². The van der Waals surface area contributed by atoms with Crippen molar-refractivity contribution in [3.8, 4) is 11.3 Å². The lowest BCUT2D eigenvalue weighted by atomic mass is 10.1. The lowest BCUT2D eigenvalue weighted by Gasteiger charge is -2.05. The molecule has 0 unspecified atom stereocenters. The number of carbonyl (C=O) groups is 1. The van der Waals surface area contributed by atoms with E-state index >= 15 is 0 Å². The third kappa shape index (κ3) is 4.49. The first-order valence-corrected chi connectivity index (χ1v) is 9.24. The summed E-state index contributed by atoms with van der Waals surface area (Å²) in [5.74, 6) is 0.0337. The second-order valence-electron chi connectivity index (χ2n) is 5.23. The molecule has 1 amide bonds. The first-order chi connectivity index (χ1) is 11.7. The molecule has 4 nitrogen and oxygen atoms in total. The predicted octanol–water partition coefficient (Wildman–Crippen LogP) is 4.22. The molecule has 0 aliphatic carbocycles. The Morgan fingerprint density at radius 2 is 1.96 bits per heavy atom. The number of hydrogen-bond donors (Lipinski definition) is 1. The van der Waals surface area contributed by atoms with Crippen LogP contribution >= 0.6 is 27.3 Å². The molecule has 3 rings (SSSR count). The van der Waals surface area contributed by atoms with Gasteiger partial charge in [0.25, 0.3) is 0 Å². The molecule has 2 heterocycles. The van der Waals surface area contributed by atoms with E-state index in [0.29, 0.717) is 19.4 Å². The summed E-state index contributed by atoms with van der Waals surface area (Å²) >= 11 is 5.05. The van der Waals surface area contributed by atoms with Crippen LogP contribution in [0.1, 0.15) is 17.0 Å². The predicted molar refractivity (Wildman–Crippen MR) is 99.7 cm³/mol. The number of nitrogens with one attached hydrogen (secondary N) is 1. The van der Waals surface area contributed by atoms with Gasteiger partial charge >= 0.3 is 0 Å². The van der Waals surface area contributed by atoms with Gasteiger partial charge in [0.05, 0.1) is 12.2 Å². The molecule has 0 saturated carbocycles. The fourth-order valence-electron chi connectivity index (χ4n) is 2.26. The highest BCUT2D eigenvalue weighted by Gasteiger charge is 2.07. The fourth-order valence-corrected chi connectivity index (χ4v) is 3.49. The zero-order valence-electron chi connectivity index (χ0n) is 12.9. The molecule has 1 aromatic carbocycles. The van der Waals surface area contributed by atoms with E-state index in [-0.39, 0.29) is 5.91 Å². The van der Waals surface area contributed by atoms with E-state index in [0.717, 1.165) is 26.3 Å². The molecule has 2 aromatic heterocycles. The van der Waals surface area contributed by atoms with E-state index < -0.39 is 0 Å². The number of nitrogens with zero attached hydrogens (tertiary/aromatic N) is 2. The Bertz CT molecular complexity index is 820. The monoisotopic (exact) mass is 401 g/mol. The van der Waals surface area contributed by atoms with Crippen LogP contribution in [0.15, 0.2) is 58.6 Å². The first kappa shape index (κ1) is 16.8. The summed E-state index contributed by atoms with van der Waals surface area (Å²) in [6, 6.07) is 11.8. The molecule has 0 fully saturated rings. The van der Waals surface area contributed by atoms with Crippen LogP contribution in [0.5, 0.6) is 0 Å². The highest BCUT2D eigenvalue weighted by atomic mass is 79.9. The summed E-state index contributed by atoms with van der Waals surface area (Å²) < 4.78 is 1.04. The summed E-state index contributed by atoms with van der Waals surface area (Å²) in [6.07, 6.45) is 4.67. The number of halogens is 1. The van der Waals surface area contributed by atoms with Crippen LogP contribution < -0.4 is 5.32 Å². The van der Waals surface area contributed by atoms with Gasteiger partial charge in [-0.25, -0.2) is 4.98 Å². The highest BCUT2D eigenvalue weighted by molar-refractivity contribution is 9.10. The van der Waals surface area contributed by atoms with Crippen LogP contribution in [0.3, 0.4) is 0 Å². The van der Waals surface area contributed by atoms with Gasteiger partial charge in [-0.2, -0.15) is 0 Å². The summed E-state index contributed by atoms with van der Waals surface area (Å²) in [5, 5.41) is 5.83. The summed E-state index contributed by atoms with van der Waals surface area (Å²) in [4.78, 5) is 20.6. The number of aromatic nitrogens is 2. The maximum Gasteiger partial charge on any atom is 0.220 e. The van der Waals surface area contributed by atoms with E-state index in [1.165, 1.54) is 0 Å². The standard InChI is InChI=1S/C18H16BrN3OS/c19-15-4-2-1-3-13(15)5-6-17(23)21-11-18-22-16(12-24-18)14-7-9-20-10-8-14/h1-4,7-10,12H,5-6,11H2,(H,21,23). The lowest BCUT2D eigenvalue weighted by Crippen LogP contribution is -2.22. The highest BCUT2D eigenvalue weighted by Crippen LogP contribution is 2.21. The number of hydrogen-bond acceptors (Lipinski definition) is 4. The molecule has 0 saturated heterocycles. The van der Waals surface area contributed by atoms with Crippen molar-refractivity contribution < 1.29 is 4.79 Å². The topological polar surface area (TPSA) is 54.9 Å². The van der Waals surface area contributed by atoms with Crippen molar-refractivity contribution in [2.24, 2.45) is 0 Å². The molecule has 0 bridgehead atoms. The van der Waals surface area contributed by atoms with Gasteiger partial charge in [-0.15, -0.1) is 11.3 Å². The van der Waals surface area contributed by atoms with E-state index in [2.05, 4.69) is 31.2 Å². The Kier molecular flexibility index (Phi) is 5.72. The molecule has 122 valence electrons. The number of aryl methyl sites for hydroxylation is 1. The van der Waals surface area contributed by atoms with E-state index in [1.54, 1.807) is 23.7 Å². The summed E-state index contributed by atoms with van der Waals surface area (Å²) in [5.41, 5.74) is 3.09. The zero-order valence-corrected chi connectivity index (χ0v) is 15.3. The van der Waals surface area contributed by atoms with Gasteiger partial charge in [0, 0.05) is 34.2 Å². The summed E-state index contributed by atoms with van der Waals surface area (Å²) in [6.45, 7) is 0.463. The van der Waals surface area contributed by atoms with Gasteiger partial charge in [-0.05, 0) is 30.2 Å².